The standard InChI is InChI=1S/C17H15N3O2/c18-14-5-1-3-12(9-14)11-20-17(22)8-7-16(19-20)13-4-2-6-15(21)10-13/h1-10,21H,11,18H2. The van der Waals surface area contributed by atoms with Crippen molar-refractivity contribution < 1.29 is 5.11 Å². The summed E-state index contributed by atoms with van der Waals surface area (Å²) in [5.74, 6) is 0.160. The molecule has 0 radical (unpaired) electrons. The van der Waals surface area contributed by atoms with Gasteiger partial charge < -0.3 is 10.8 Å². The molecule has 0 saturated carbocycles. The Morgan fingerprint density at radius 2 is 1.86 bits per heavy atom. The molecule has 0 amide bonds. The number of aromatic nitrogens is 2. The van der Waals surface area contributed by atoms with Gasteiger partial charge in [0.15, 0.2) is 0 Å². The number of phenols is 1. The number of anilines is 1. The van der Waals surface area contributed by atoms with Gasteiger partial charge in [-0.2, -0.15) is 5.10 Å². The number of nitrogens with zero attached hydrogens (tertiary/aromatic N) is 2. The summed E-state index contributed by atoms with van der Waals surface area (Å²) in [5.41, 5.74) is 8.49. The Kier molecular flexibility index (Phi) is 3.62. The van der Waals surface area contributed by atoms with E-state index >= 15 is 0 Å². The highest BCUT2D eigenvalue weighted by Gasteiger charge is 2.05. The van der Waals surface area contributed by atoms with Crippen molar-refractivity contribution in [2.24, 2.45) is 0 Å². The molecule has 0 aliphatic rings. The molecule has 0 fully saturated rings. The first-order valence-electron chi connectivity index (χ1n) is 6.84. The number of rotatable bonds is 3. The summed E-state index contributed by atoms with van der Waals surface area (Å²) in [7, 11) is 0. The van der Waals surface area contributed by atoms with E-state index in [0.717, 1.165) is 11.1 Å². The maximum absolute atomic E-state index is 12.0. The number of benzene rings is 2. The van der Waals surface area contributed by atoms with Crippen LogP contribution in [0.2, 0.25) is 0 Å². The van der Waals surface area contributed by atoms with Crippen molar-refractivity contribution in [1.82, 2.24) is 9.78 Å². The minimum Gasteiger partial charge on any atom is -0.508 e. The molecule has 5 heteroatoms. The van der Waals surface area contributed by atoms with Gasteiger partial charge in [0.05, 0.1) is 12.2 Å². The Labute approximate surface area is 127 Å². The Hall–Kier alpha value is -3.08. The number of nitrogen functional groups attached to an aromatic ring is 1. The Morgan fingerprint density at radius 3 is 2.64 bits per heavy atom. The van der Waals surface area contributed by atoms with Crippen molar-refractivity contribution in [1.29, 1.82) is 0 Å². The van der Waals surface area contributed by atoms with E-state index < -0.39 is 0 Å². The maximum Gasteiger partial charge on any atom is 0.267 e. The summed E-state index contributed by atoms with van der Waals surface area (Å²) >= 11 is 0. The zero-order valence-corrected chi connectivity index (χ0v) is 11.8. The van der Waals surface area contributed by atoms with Gasteiger partial charge in [-0.05, 0) is 35.9 Å². The predicted octanol–water partition coefficient (Wildman–Crippen LogP) is 2.25. The van der Waals surface area contributed by atoms with Gasteiger partial charge in [-0.25, -0.2) is 4.68 Å². The molecule has 110 valence electrons. The normalized spacial score (nSPS) is 10.5. The van der Waals surface area contributed by atoms with Crippen molar-refractivity contribution >= 4 is 5.69 Å². The molecule has 3 N–H and O–H groups in total. The topological polar surface area (TPSA) is 81.1 Å². The third-order valence-corrected chi connectivity index (χ3v) is 3.29. The summed E-state index contributed by atoms with van der Waals surface area (Å²) in [6.45, 7) is 0.344. The Balaban J connectivity index is 1.98. The average Bonchev–Trinajstić information content (AvgIpc) is 2.49. The molecule has 0 aliphatic carbocycles. The van der Waals surface area contributed by atoms with E-state index in [1.807, 2.05) is 24.3 Å². The summed E-state index contributed by atoms with van der Waals surface area (Å²) in [6.07, 6.45) is 0. The third kappa shape index (κ3) is 2.98. The number of hydrogen-bond acceptors (Lipinski definition) is 4. The van der Waals surface area contributed by atoms with Gasteiger partial charge in [0.25, 0.3) is 5.56 Å². The van der Waals surface area contributed by atoms with E-state index in [-0.39, 0.29) is 11.3 Å². The van der Waals surface area contributed by atoms with Crippen LogP contribution < -0.4 is 11.3 Å². The fourth-order valence-corrected chi connectivity index (χ4v) is 2.25. The SMILES string of the molecule is Nc1cccc(Cn2nc(-c3cccc(O)c3)ccc2=O)c1. The zero-order valence-electron chi connectivity index (χ0n) is 11.8. The first kappa shape index (κ1) is 13.9. The second kappa shape index (κ2) is 5.73. The van der Waals surface area contributed by atoms with Gasteiger partial charge >= 0.3 is 0 Å². The lowest BCUT2D eigenvalue weighted by molar-refractivity contribution is 0.475. The first-order valence-corrected chi connectivity index (χ1v) is 6.84. The number of phenolic OH excluding ortho intramolecular Hbond substituents is 1. The van der Waals surface area contributed by atoms with Gasteiger partial charge in [-0.15, -0.1) is 0 Å². The molecule has 1 aromatic heterocycles. The van der Waals surface area contributed by atoms with Gasteiger partial charge in [-0.3, -0.25) is 4.79 Å². The van der Waals surface area contributed by atoms with Crippen molar-refractivity contribution in [2.75, 3.05) is 5.73 Å². The average molecular weight is 293 g/mol. The molecule has 0 aliphatic heterocycles. The fourth-order valence-electron chi connectivity index (χ4n) is 2.25. The third-order valence-electron chi connectivity index (χ3n) is 3.29. The van der Waals surface area contributed by atoms with Gasteiger partial charge in [0.1, 0.15) is 5.75 Å². The Morgan fingerprint density at radius 1 is 1.05 bits per heavy atom. The summed E-state index contributed by atoms with van der Waals surface area (Å²) in [6, 6.07) is 17.2. The highest BCUT2D eigenvalue weighted by atomic mass is 16.3. The van der Waals surface area contributed by atoms with Crippen LogP contribution in [0, 0.1) is 0 Å². The van der Waals surface area contributed by atoms with E-state index in [1.165, 1.54) is 10.7 Å². The van der Waals surface area contributed by atoms with Crippen LogP contribution in [-0.2, 0) is 6.54 Å². The predicted molar refractivity (Wildman–Crippen MR) is 85.6 cm³/mol. The second-order valence-electron chi connectivity index (χ2n) is 5.01. The molecule has 0 atom stereocenters. The Bertz CT molecular complexity index is 872. The highest BCUT2D eigenvalue weighted by molar-refractivity contribution is 5.60. The molecular formula is C17H15N3O2. The molecule has 2 aromatic carbocycles. The molecule has 1 heterocycles. The second-order valence-corrected chi connectivity index (χ2v) is 5.01. The molecule has 0 bridgehead atoms. The lowest BCUT2D eigenvalue weighted by atomic mass is 10.1. The van der Waals surface area contributed by atoms with Crippen LogP contribution in [0.25, 0.3) is 11.3 Å². The number of nitrogens with two attached hydrogens (primary N) is 1. The van der Waals surface area contributed by atoms with Crippen LogP contribution in [0.1, 0.15) is 5.56 Å². The quantitative estimate of drug-likeness (QED) is 0.726. The summed E-state index contributed by atoms with van der Waals surface area (Å²) in [4.78, 5) is 12.0. The van der Waals surface area contributed by atoms with Crippen molar-refractivity contribution in [3.63, 3.8) is 0 Å². The van der Waals surface area contributed by atoms with E-state index in [4.69, 9.17) is 5.73 Å². The first-order chi connectivity index (χ1) is 10.6. The molecule has 3 aromatic rings. The highest BCUT2D eigenvalue weighted by Crippen LogP contribution is 2.20. The molecule has 5 nitrogen and oxygen atoms in total. The van der Waals surface area contributed by atoms with Gasteiger partial charge in [0.2, 0.25) is 0 Å². The lowest BCUT2D eigenvalue weighted by Crippen LogP contribution is -2.22. The number of aromatic hydroxyl groups is 1. The van der Waals surface area contributed by atoms with Crippen LogP contribution in [0.5, 0.6) is 5.75 Å². The molecule has 0 spiro atoms. The van der Waals surface area contributed by atoms with E-state index in [0.29, 0.717) is 17.9 Å². The molecule has 3 rings (SSSR count). The van der Waals surface area contributed by atoms with Crippen molar-refractivity contribution in [3.8, 4) is 17.0 Å². The van der Waals surface area contributed by atoms with Crippen LogP contribution >= 0.6 is 0 Å². The molecule has 0 unspecified atom stereocenters. The zero-order chi connectivity index (χ0) is 15.5. The molecule has 22 heavy (non-hydrogen) atoms. The minimum atomic E-state index is -0.189. The number of hydrogen-bond donors (Lipinski definition) is 2. The van der Waals surface area contributed by atoms with Crippen LogP contribution in [0.4, 0.5) is 5.69 Å². The van der Waals surface area contributed by atoms with Crippen molar-refractivity contribution in [3.05, 3.63) is 76.6 Å². The van der Waals surface area contributed by atoms with E-state index in [9.17, 15) is 9.90 Å². The maximum atomic E-state index is 12.0. The summed E-state index contributed by atoms with van der Waals surface area (Å²) < 4.78 is 1.38. The largest absolute Gasteiger partial charge is 0.508 e. The van der Waals surface area contributed by atoms with Crippen LogP contribution in [0.3, 0.4) is 0 Å². The monoisotopic (exact) mass is 293 g/mol. The lowest BCUT2D eigenvalue weighted by Gasteiger charge is -2.08. The fraction of sp³-hybridized carbons (Fsp3) is 0.0588. The van der Waals surface area contributed by atoms with E-state index in [2.05, 4.69) is 5.10 Å². The molecule has 0 saturated heterocycles. The van der Waals surface area contributed by atoms with Gasteiger partial charge in [-0.1, -0.05) is 24.3 Å². The smallest absolute Gasteiger partial charge is 0.267 e. The molecular weight excluding hydrogens is 278 g/mol. The van der Waals surface area contributed by atoms with E-state index in [1.54, 1.807) is 30.3 Å². The summed E-state index contributed by atoms with van der Waals surface area (Å²) in [5, 5.41) is 13.9. The van der Waals surface area contributed by atoms with Gasteiger partial charge in [0, 0.05) is 17.3 Å². The van der Waals surface area contributed by atoms with Crippen LogP contribution in [-0.4, -0.2) is 14.9 Å². The van der Waals surface area contributed by atoms with Crippen LogP contribution in [0.15, 0.2) is 65.5 Å². The minimum absolute atomic E-state index is 0.160. The van der Waals surface area contributed by atoms with Crippen molar-refractivity contribution in [2.45, 2.75) is 6.54 Å².